The lowest BCUT2D eigenvalue weighted by Crippen LogP contribution is -2.26. The molecule has 1 aromatic rings. The lowest BCUT2D eigenvalue weighted by molar-refractivity contribution is -0.241. The summed E-state index contributed by atoms with van der Waals surface area (Å²) in [4.78, 5) is 22.6. The highest BCUT2D eigenvalue weighted by molar-refractivity contribution is 5.92. The quantitative estimate of drug-likeness (QED) is 0.571. The lowest BCUT2D eigenvalue weighted by atomic mass is 9.72. The minimum Gasteiger partial charge on any atom is -0.292 e. The third kappa shape index (κ3) is 4.10. The molecule has 0 atom stereocenters. The van der Waals surface area contributed by atoms with E-state index in [0.717, 1.165) is 42.9 Å². The smallest absolute Gasteiger partial charge is 0.292 e. The number of carbonyl (C=O) groups is 1. The molecule has 0 amide bonds. The van der Waals surface area contributed by atoms with Crippen LogP contribution >= 0.6 is 0 Å². The first-order valence-electron chi connectivity index (χ1n) is 8.09. The van der Waals surface area contributed by atoms with E-state index in [1.807, 2.05) is 32.0 Å². The number of rotatable bonds is 3. The highest BCUT2D eigenvalue weighted by Gasteiger charge is 2.31. The first kappa shape index (κ1) is 17.0. The monoisotopic (exact) mass is 303 g/mol. The highest BCUT2D eigenvalue weighted by Crippen LogP contribution is 2.40. The normalized spacial score (nSPS) is 17.5. The van der Waals surface area contributed by atoms with Gasteiger partial charge in [0.25, 0.3) is 0 Å². The van der Waals surface area contributed by atoms with E-state index in [0.29, 0.717) is 16.9 Å². The van der Waals surface area contributed by atoms with Gasteiger partial charge in [0.05, 0.1) is 5.56 Å². The van der Waals surface area contributed by atoms with Gasteiger partial charge in [0.2, 0.25) is 0 Å². The second-order valence-corrected chi connectivity index (χ2v) is 7.40. The Morgan fingerprint density at radius 3 is 2.14 bits per heavy atom. The summed E-state index contributed by atoms with van der Waals surface area (Å²) in [6, 6.07) is 5.75. The zero-order chi connectivity index (χ0) is 16.3. The predicted octanol–water partition coefficient (Wildman–Crippen LogP) is 5.16. The molecule has 1 aliphatic carbocycles. The SMILES string of the molecule is Cc1cccc(C)c1C(=O)OO[C]1CCC(C(C)(C)C)CC1. The molecule has 0 unspecified atom stereocenters. The zero-order valence-electron chi connectivity index (χ0n) is 14.4. The fourth-order valence-corrected chi connectivity index (χ4v) is 3.16. The molecule has 0 spiro atoms. The van der Waals surface area contributed by atoms with Crippen LogP contribution in [0.5, 0.6) is 0 Å². The van der Waals surface area contributed by atoms with Crippen LogP contribution in [0.25, 0.3) is 0 Å². The Hall–Kier alpha value is -1.35. The molecule has 0 bridgehead atoms. The number of aryl methyl sites for hydroxylation is 2. The first-order valence-corrected chi connectivity index (χ1v) is 8.09. The number of benzene rings is 1. The summed E-state index contributed by atoms with van der Waals surface area (Å²) in [5, 5.41) is 0. The average molecular weight is 303 g/mol. The second-order valence-electron chi connectivity index (χ2n) is 7.40. The average Bonchev–Trinajstić information content (AvgIpc) is 2.44. The van der Waals surface area contributed by atoms with Gasteiger partial charge < -0.3 is 0 Å². The van der Waals surface area contributed by atoms with Crippen LogP contribution in [0.1, 0.15) is 67.9 Å². The summed E-state index contributed by atoms with van der Waals surface area (Å²) in [6.45, 7) is 10.7. The molecule has 1 saturated carbocycles. The molecule has 121 valence electrons. The molecule has 3 nitrogen and oxygen atoms in total. The van der Waals surface area contributed by atoms with Crippen LogP contribution in [0.3, 0.4) is 0 Å². The Morgan fingerprint density at radius 2 is 1.64 bits per heavy atom. The van der Waals surface area contributed by atoms with E-state index >= 15 is 0 Å². The van der Waals surface area contributed by atoms with Crippen LogP contribution in [0.15, 0.2) is 18.2 Å². The molecule has 1 radical (unpaired) electrons. The molecular weight excluding hydrogens is 276 g/mol. The summed E-state index contributed by atoms with van der Waals surface area (Å²) in [6.07, 6.45) is 4.84. The molecule has 0 aliphatic heterocycles. The van der Waals surface area contributed by atoms with E-state index in [9.17, 15) is 4.79 Å². The van der Waals surface area contributed by atoms with Gasteiger partial charge in [-0.05, 0) is 62.0 Å². The summed E-state index contributed by atoms with van der Waals surface area (Å²) in [5.74, 6) is 0.301. The Balaban J connectivity index is 1.86. The van der Waals surface area contributed by atoms with E-state index in [2.05, 4.69) is 20.8 Å². The topological polar surface area (TPSA) is 35.5 Å². The molecule has 0 heterocycles. The third-order valence-corrected chi connectivity index (χ3v) is 4.69. The van der Waals surface area contributed by atoms with Gasteiger partial charge in [-0.1, -0.05) is 39.0 Å². The molecule has 1 fully saturated rings. The molecule has 0 aromatic heterocycles. The van der Waals surface area contributed by atoms with Crippen molar-refractivity contribution < 1.29 is 14.6 Å². The van der Waals surface area contributed by atoms with Crippen LogP contribution in [0.2, 0.25) is 0 Å². The van der Waals surface area contributed by atoms with Crippen LogP contribution in [-0.2, 0) is 9.78 Å². The third-order valence-electron chi connectivity index (χ3n) is 4.69. The fourth-order valence-electron chi connectivity index (χ4n) is 3.16. The highest BCUT2D eigenvalue weighted by atomic mass is 17.2. The van der Waals surface area contributed by atoms with Gasteiger partial charge in [-0.25, -0.2) is 4.79 Å². The maximum Gasteiger partial charge on any atom is 0.373 e. The van der Waals surface area contributed by atoms with E-state index in [1.165, 1.54) is 0 Å². The van der Waals surface area contributed by atoms with Crippen molar-refractivity contribution in [1.82, 2.24) is 0 Å². The van der Waals surface area contributed by atoms with Crippen LogP contribution in [0, 0.1) is 31.3 Å². The summed E-state index contributed by atoms with van der Waals surface area (Å²) < 4.78 is 0. The van der Waals surface area contributed by atoms with Crippen molar-refractivity contribution in [2.45, 2.75) is 60.3 Å². The molecule has 22 heavy (non-hydrogen) atoms. The molecule has 1 aliphatic rings. The molecule has 3 heteroatoms. The van der Waals surface area contributed by atoms with Crippen molar-refractivity contribution >= 4 is 5.97 Å². The maximum absolute atomic E-state index is 12.2. The van der Waals surface area contributed by atoms with Crippen LogP contribution in [-0.4, -0.2) is 5.97 Å². The Morgan fingerprint density at radius 1 is 1.09 bits per heavy atom. The Labute approximate surface area is 133 Å². The van der Waals surface area contributed by atoms with E-state index < -0.39 is 5.97 Å². The fraction of sp³-hybridized carbons (Fsp3) is 0.579. The van der Waals surface area contributed by atoms with Crippen molar-refractivity contribution in [1.29, 1.82) is 0 Å². The maximum atomic E-state index is 12.2. The Bertz CT molecular complexity index is 500. The van der Waals surface area contributed by atoms with E-state index in [4.69, 9.17) is 9.78 Å². The van der Waals surface area contributed by atoms with Crippen molar-refractivity contribution in [3.8, 4) is 0 Å². The van der Waals surface area contributed by atoms with Gasteiger partial charge in [0.1, 0.15) is 6.10 Å². The van der Waals surface area contributed by atoms with Gasteiger partial charge in [0, 0.05) is 0 Å². The van der Waals surface area contributed by atoms with Crippen molar-refractivity contribution in [3.05, 3.63) is 41.0 Å². The van der Waals surface area contributed by atoms with Crippen molar-refractivity contribution in [2.24, 2.45) is 11.3 Å². The first-order chi connectivity index (χ1) is 10.3. The molecule has 0 saturated heterocycles. The molecule has 1 aromatic carbocycles. The Kier molecular flexibility index (Phi) is 5.28. The molecule has 0 N–H and O–H groups in total. The van der Waals surface area contributed by atoms with Crippen molar-refractivity contribution in [3.63, 3.8) is 0 Å². The van der Waals surface area contributed by atoms with Gasteiger partial charge in [-0.15, -0.1) is 0 Å². The number of hydrogen-bond donors (Lipinski definition) is 0. The van der Waals surface area contributed by atoms with Gasteiger partial charge in [-0.2, -0.15) is 4.89 Å². The van der Waals surface area contributed by atoms with Crippen LogP contribution in [0.4, 0.5) is 0 Å². The molecule has 2 rings (SSSR count). The second kappa shape index (κ2) is 6.82. The van der Waals surface area contributed by atoms with Gasteiger partial charge in [-0.3, -0.25) is 4.89 Å². The minimum atomic E-state index is -0.402. The van der Waals surface area contributed by atoms with Crippen molar-refractivity contribution in [2.75, 3.05) is 0 Å². The van der Waals surface area contributed by atoms with E-state index in [1.54, 1.807) is 0 Å². The van der Waals surface area contributed by atoms with Gasteiger partial charge in [0.15, 0.2) is 0 Å². The zero-order valence-corrected chi connectivity index (χ0v) is 14.4. The largest absolute Gasteiger partial charge is 0.373 e. The van der Waals surface area contributed by atoms with Crippen LogP contribution < -0.4 is 0 Å². The van der Waals surface area contributed by atoms with E-state index in [-0.39, 0.29) is 0 Å². The predicted molar refractivity (Wildman–Crippen MR) is 87.1 cm³/mol. The lowest BCUT2D eigenvalue weighted by Gasteiger charge is -2.35. The van der Waals surface area contributed by atoms with Gasteiger partial charge >= 0.3 is 5.97 Å². The summed E-state index contributed by atoms with van der Waals surface area (Å²) in [5.41, 5.74) is 2.76. The molecular formula is C19H27O3. The number of hydrogen-bond acceptors (Lipinski definition) is 3. The minimum absolute atomic E-state index is 0.334. The summed E-state index contributed by atoms with van der Waals surface area (Å²) >= 11 is 0. The number of carbonyl (C=O) groups excluding carboxylic acids is 1. The standard InChI is InChI=1S/C19H27O3/c1-13-7-6-8-14(2)17(13)18(20)22-21-16-11-9-15(10-12-16)19(3,4)5/h6-8,15H,9-12H2,1-5H3. The summed E-state index contributed by atoms with van der Waals surface area (Å²) in [7, 11) is 0.